The molecule has 2 N–H and O–H groups in total. The van der Waals surface area contributed by atoms with Crippen LogP contribution in [-0.4, -0.2) is 41.2 Å². The van der Waals surface area contributed by atoms with E-state index < -0.39 is 13.8 Å². The average Bonchev–Trinajstić information content (AvgIpc) is 2.69. The summed E-state index contributed by atoms with van der Waals surface area (Å²) in [7, 11) is 2.68. The fraction of sp³-hybridized carbons (Fsp3) is 0.636. The zero-order valence-corrected chi connectivity index (χ0v) is 18.7. The number of hydrogen-bond donors (Lipinski definition) is 1. The maximum absolute atomic E-state index is 6.81. The van der Waals surface area contributed by atoms with E-state index in [0.717, 1.165) is 31.7 Å². The van der Waals surface area contributed by atoms with Gasteiger partial charge in [0.1, 0.15) is 5.22 Å². The number of hydrogen-bond acceptors (Lipinski definition) is 4. The monoisotopic (exact) mass is 391 g/mol. The smallest absolute Gasteiger partial charge is 0.371 e. The lowest BCUT2D eigenvalue weighted by molar-refractivity contribution is -0.133. The normalized spacial score (nSPS) is 31.4. The molecule has 4 unspecified atom stereocenters. The summed E-state index contributed by atoms with van der Waals surface area (Å²) in [4.78, 5) is 0. The van der Waals surface area contributed by atoms with Crippen molar-refractivity contribution in [2.24, 2.45) is 17.1 Å². The first-order valence-corrected chi connectivity index (χ1v) is 12.0. The van der Waals surface area contributed by atoms with Crippen molar-refractivity contribution in [1.29, 1.82) is 0 Å². The molecule has 2 rings (SSSR count). The number of methoxy groups -OCH3 is 1. The van der Waals surface area contributed by atoms with Crippen molar-refractivity contribution in [3.63, 3.8) is 0 Å². The second-order valence-corrected chi connectivity index (χ2v) is 11.4. The molecule has 4 nitrogen and oxygen atoms in total. The van der Waals surface area contributed by atoms with Gasteiger partial charge in [-0.2, -0.15) is 0 Å². The van der Waals surface area contributed by atoms with Crippen LogP contribution in [0.4, 0.5) is 0 Å². The van der Waals surface area contributed by atoms with Crippen LogP contribution in [0.15, 0.2) is 43.0 Å². The van der Waals surface area contributed by atoms with E-state index in [-0.39, 0.29) is 17.4 Å². The molecule has 1 heterocycles. The van der Waals surface area contributed by atoms with Crippen LogP contribution in [0.2, 0.25) is 6.04 Å². The molecule has 5 heteroatoms. The third-order valence-electron chi connectivity index (χ3n) is 6.86. The molecule has 0 aliphatic carbocycles. The van der Waals surface area contributed by atoms with Crippen molar-refractivity contribution in [2.45, 2.75) is 56.8 Å². The fourth-order valence-electron chi connectivity index (χ4n) is 5.70. The minimum atomic E-state index is -2.69. The fourth-order valence-corrected chi connectivity index (χ4v) is 10.2. The second-order valence-electron chi connectivity index (χ2n) is 7.81. The molecule has 1 aromatic rings. The van der Waals surface area contributed by atoms with Crippen LogP contribution in [0.3, 0.4) is 0 Å². The van der Waals surface area contributed by atoms with E-state index in [0.29, 0.717) is 0 Å². The molecule has 0 saturated carbocycles. The standard InChI is InChI=1S/C22H37NO3Si/c1-7-15-22(24-4)21(18(3)23,17-19-12-10-9-11-13-19)20(8-2)14-16-27(22,25-5)26-6/h8-13,18,20H,2,7,14-17,23H2,1,3-6H3. The SMILES string of the molecule is C=CC1CC[Si](OC)(OC)C(CCC)(OC)C1(Cc1ccccc1)C(C)N. The van der Waals surface area contributed by atoms with Gasteiger partial charge >= 0.3 is 8.56 Å². The van der Waals surface area contributed by atoms with Gasteiger partial charge in [0.25, 0.3) is 0 Å². The Morgan fingerprint density at radius 1 is 1.26 bits per heavy atom. The van der Waals surface area contributed by atoms with E-state index in [1.807, 2.05) is 13.2 Å². The summed E-state index contributed by atoms with van der Waals surface area (Å²) in [6.07, 6.45) is 5.69. The van der Waals surface area contributed by atoms with Crippen molar-refractivity contribution in [2.75, 3.05) is 21.3 Å². The largest absolute Gasteiger partial charge is 0.396 e. The first-order valence-electron chi connectivity index (χ1n) is 10.0. The lowest BCUT2D eigenvalue weighted by atomic mass is 9.60. The Bertz CT molecular complexity index is 605. The molecule has 0 spiro atoms. The van der Waals surface area contributed by atoms with Crippen LogP contribution in [0, 0.1) is 11.3 Å². The van der Waals surface area contributed by atoms with Gasteiger partial charge in [-0.1, -0.05) is 49.8 Å². The summed E-state index contributed by atoms with van der Waals surface area (Å²) in [5.74, 6) is 0.232. The lowest BCUT2D eigenvalue weighted by Crippen LogP contribution is -2.78. The summed E-state index contributed by atoms with van der Waals surface area (Å²) < 4.78 is 18.9. The van der Waals surface area contributed by atoms with Gasteiger partial charge in [0, 0.05) is 32.8 Å². The maximum atomic E-state index is 6.81. The number of allylic oxidation sites excluding steroid dienone is 1. The van der Waals surface area contributed by atoms with E-state index in [9.17, 15) is 0 Å². The van der Waals surface area contributed by atoms with Gasteiger partial charge in [-0.15, -0.1) is 6.58 Å². The van der Waals surface area contributed by atoms with Crippen molar-refractivity contribution in [3.05, 3.63) is 48.6 Å². The third-order valence-corrected chi connectivity index (χ3v) is 11.3. The zero-order chi connectivity index (χ0) is 20.1. The molecule has 152 valence electrons. The second kappa shape index (κ2) is 9.01. The Labute approximate surface area is 166 Å². The highest BCUT2D eigenvalue weighted by molar-refractivity contribution is 6.71. The highest BCUT2D eigenvalue weighted by Gasteiger charge is 2.72. The first-order chi connectivity index (χ1) is 12.9. The Morgan fingerprint density at radius 3 is 2.33 bits per heavy atom. The van der Waals surface area contributed by atoms with Gasteiger partial charge in [0.15, 0.2) is 0 Å². The molecule has 1 fully saturated rings. The van der Waals surface area contributed by atoms with Crippen molar-refractivity contribution in [3.8, 4) is 0 Å². The van der Waals surface area contributed by atoms with Crippen LogP contribution in [0.5, 0.6) is 0 Å². The summed E-state index contributed by atoms with van der Waals surface area (Å²) in [5.41, 5.74) is 7.72. The molecule has 0 amide bonds. The number of rotatable bonds is 9. The molecule has 1 aliphatic rings. The van der Waals surface area contributed by atoms with Crippen molar-refractivity contribution in [1.82, 2.24) is 0 Å². The van der Waals surface area contributed by atoms with Crippen LogP contribution in [0.25, 0.3) is 0 Å². The van der Waals surface area contributed by atoms with Crippen LogP contribution >= 0.6 is 0 Å². The molecule has 27 heavy (non-hydrogen) atoms. The maximum Gasteiger partial charge on any atom is 0.371 e. The molecular weight excluding hydrogens is 354 g/mol. The molecule has 4 atom stereocenters. The lowest BCUT2D eigenvalue weighted by Gasteiger charge is -2.63. The van der Waals surface area contributed by atoms with E-state index >= 15 is 0 Å². The molecule has 1 aromatic carbocycles. The van der Waals surface area contributed by atoms with E-state index in [1.165, 1.54) is 5.56 Å². The van der Waals surface area contributed by atoms with Crippen LogP contribution in [0.1, 0.15) is 38.7 Å². The molecule has 0 radical (unpaired) electrons. The number of ether oxygens (including phenoxy) is 1. The van der Waals surface area contributed by atoms with Crippen molar-refractivity contribution >= 4 is 8.56 Å². The Morgan fingerprint density at radius 2 is 1.89 bits per heavy atom. The molecule has 0 bridgehead atoms. The highest BCUT2D eigenvalue weighted by atomic mass is 28.4. The van der Waals surface area contributed by atoms with Gasteiger partial charge in [-0.25, -0.2) is 0 Å². The topological polar surface area (TPSA) is 53.7 Å². The van der Waals surface area contributed by atoms with Crippen molar-refractivity contribution < 1.29 is 13.6 Å². The van der Waals surface area contributed by atoms with Gasteiger partial charge in [0.2, 0.25) is 0 Å². The quantitative estimate of drug-likeness (QED) is 0.506. The summed E-state index contributed by atoms with van der Waals surface area (Å²) >= 11 is 0. The molecule has 1 saturated heterocycles. The predicted octanol–water partition coefficient (Wildman–Crippen LogP) is 4.23. The van der Waals surface area contributed by atoms with Gasteiger partial charge in [0.05, 0.1) is 0 Å². The minimum absolute atomic E-state index is 0.107. The van der Waals surface area contributed by atoms with E-state index in [4.69, 9.17) is 19.3 Å². The predicted molar refractivity (Wildman–Crippen MR) is 114 cm³/mol. The van der Waals surface area contributed by atoms with E-state index in [2.05, 4.69) is 50.8 Å². The van der Waals surface area contributed by atoms with Gasteiger partial charge < -0.3 is 19.3 Å². The third kappa shape index (κ3) is 3.34. The van der Waals surface area contributed by atoms with Gasteiger partial charge in [-0.3, -0.25) is 0 Å². The highest BCUT2D eigenvalue weighted by Crippen LogP contribution is 2.59. The number of benzene rings is 1. The molecular formula is C22H37NO3Si. The average molecular weight is 392 g/mol. The van der Waals surface area contributed by atoms with Gasteiger partial charge in [-0.05, 0) is 43.7 Å². The minimum Gasteiger partial charge on any atom is -0.396 e. The van der Waals surface area contributed by atoms with E-state index in [1.54, 1.807) is 14.2 Å². The molecule has 1 aliphatic heterocycles. The summed E-state index contributed by atoms with van der Waals surface area (Å²) in [6.45, 7) is 8.49. The van der Waals surface area contributed by atoms with Crippen LogP contribution in [-0.2, 0) is 20.0 Å². The molecule has 0 aromatic heterocycles. The summed E-state index contributed by atoms with van der Waals surface area (Å²) in [6, 6.07) is 11.3. The first kappa shape index (κ1) is 22.3. The van der Waals surface area contributed by atoms with Crippen LogP contribution < -0.4 is 5.73 Å². The Hall–Kier alpha value is -0.983. The summed E-state index contributed by atoms with van der Waals surface area (Å²) in [5, 5.41) is -0.556. The zero-order valence-electron chi connectivity index (χ0n) is 17.7. The Balaban J connectivity index is 2.79. The number of nitrogens with two attached hydrogens (primary N) is 1. The Kier molecular flexibility index (Phi) is 7.45.